The lowest BCUT2D eigenvalue weighted by Crippen LogP contribution is -2.29. The maximum atomic E-state index is 6.01. The lowest BCUT2D eigenvalue weighted by molar-refractivity contribution is 0.149. The molecule has 0 saturated heterocycles. The SMILES string of the molecule is CCC(CC)(CBr)COc1c(OC)cccc1OC. The van der Waals surface area contributed by atoms with Gasteiger partial charge in [0.25, 0.3) is 0 Å². The third-order valence-corrected chi connectivity index (χ3v) is 4.88. The summed E-state index contributed by atoms with van der Waals surface area (Å²) in [5.74, 6) is 2.09. The topological polar surface area (TPSA) is 27.7 Å². The molecule has 0 aliphatic rings. The van der Waals surface area contributed by atoms with E-state index in [-0.39, 0.29) is 5.41 Å². The van der Waals surface area contributed by atoms with Crippen molar-refractivity contribution in [3.8, 4) is 17.2 Å². The van der Waals surface area contributed by atoms with E-state index < -0.39 is 0 Å². The fourth-order valence-corrected chi connectivity index (χ4v) is 2.82. The second-order valence-electron chi connectivity index (χ2n) is 4.62. The summed E-state index contributed by atoms with van der Waals surface area (Å²) in [6.45, 7) is 5.02. The number of benzene rings is 1. The predicted molar refractivity (Wildman–Crippen MR) is 81.9 cm³/mol. The average molecular weight is 331 g/mol. The quantitative estimate of drug-likeness (QED) is 0.665. The van der Waals surface area contributed by atoms with Gasteiger partial charge in [-0.25, -0.2) is 0 Å². The molecular formula is C15H23BrO3. The molecule has 1 rings (SSSR count). The van der Waals surface area contributed by atoms with Crippen molar-refractivity contribution in [3.05, 3.63) is 18.2 Å². The molecule has 108 valence electrons. The molecule has 0 N–H and O–H groups in total. The van der Waals surface area contributed by atoms with Crippen LogP contribution in [-0.2, 0) is 0 Å². The van der Waals surface area contributed by atoms with Crippen LogP contribution in [0.25, 0.3) is 0 Å². The highest BCUT2D eigenvalue weighted by atomic mass is 79.9. The highest BCUT2D eigenvalue weighted by Crippen LogP contribution is 2.39. The molecule has 1 aromatic carbocycles. The van der Waals surface area contributed by atoms with Crippen LogP contribution >= 0.6 is 15.9 Å². The van der Waals surface area contributed by atoms with Crippen LogP contribution in [0.3, 0.4) is 0 Å². The molecule has 0 bridgehead atoms. The molecule has 0 radical (unpaired) electrons. The molecule has 0 fully saturated rings. The van der Waals surface area contributed by atoms with Crippen molar-refractivity contribution in [3.63, 3.8) is 0 Å². The van der Waals surface area contributed by atoms with Crippen molar-refractivity contribution >= 4 is 15.9 Å². The van der Waals surface area contributed by atoms with E-state index >= 15 is 0 Å². The van der Waals surface area contributed by atoms with Crippen LogP contribution in [0.4, 0.5) is 0 Å². The lowest BCUT2D eigenvalue weighted by Gasteiger charge is -2.29. The number of methoxy groups -OCH3 is 2. The molecule has 0 heterocycles. The van der Waals surface area contributed by atoms with Gasteiger partial charge >= 0.3 is 0 Å². The zero-order chi connectivity index (χ0) is 14.3. The summed E-state index contributed by atoms with van der Waals surface area (Å²) >= 11 is 3.60. The Labute approximate surface area is 124 Å². The smallest absolute Gasteiger partial charge is 0.203 e. The Morgan fingerprint density at radius 1 is 1.05 bits per heavy atom. The molecule has 0 saturated carbocycles. The van der Waals surface area contributed by atoms with Crippen LogP contribution in [-0.4, -0.2) is 26.2 Å². The third-order valence-electron chi connectivity index (χ3n) is 3.69. The molecule has 0 atom stereocenters. The first kappa shape index (κ1) is 16.2. The Morgan fingerprint density at radius 2 is 1.58 bits per heavy atom. The second-order valence-corrected chi connectivity index (χ2v) is 5.18. The van der Waals surface area contributed by atoms with Crippen LogP contribution < -0.4 is 14.2 Å². The minimum absolute atomic E-state index is 0.145. The van der Waals surface area contributed by atoms with Crippen molar-refractivity contribution in [2.24, 2.45) is 5.41 Å². The fourth-order valence-electron chi connectivity index (χ4n) is 1.87. The summed E-state index contributed by atoms with van der Waals surface area (Å²) in [5, 5.41) is 0.921. The predicted octanol–water partition coefficient (Wildman–Crippen LogP) is 4.28. The summed E-state index contributed by atoms with van der Waals surface area (Å²) < 4.78 is 16.7. The molecule has 1 aromatic rings. The van der Waals surface area contributed by atoms with Crippen molar-refractivity contribution in [2.45, 2.75) is 26.7 Å². The number of para-hydroxylation sites is 1. The first-order valence-electron chi connectivity index (χ1n) is 6.56. The van der Waals surface area contributed by atoms with Gasteiger partial charge in [0.15, 0.2) is 11.5 Å². The monoisotopic (exact) mass is 330 g/mol. The summed E-state index contributed by atoms with van der Waals surface area (Å²) in [6.07, 6.45) is 2.12. The molecule has 0 amide bonds. The van der Waals surface area contributed by atoms with Crippen LogP contribution in [0.2, 0.25) is 0 Å². The largest absolute Gasteiger partial charge is 0.493 e. The zero-order valence-electron chi connectivity index (χ0n) is 12.2. The van der Waals surface area contributed by atoms with Crippen molar-refractivity contribution in [1.82, 2.24) is 0 Å². The maximum absolute atomic E-state index is 6.01. The Kier molecular flexibility index (Phi) is 6.49. The number of rotatable bonds is 8. The van der Waals surface area contributed by atoms with Gasteiger partial charge in [0.1, 0.15) is 0 Å². The van der Waals surface area contributed by atoms with Crippen molar-refractivity contribution < 1.29 is 14.2 Å². The molecule has 3 nitrogen and oxygen atoms in total. The van der Waals surface area contributed by atoms with E-state index in [4.69, 9.17) is 14.2 Å². The van der Waals surface area contributed by atoms with Gasteiger partial charge in [-0.1, -0.05) is 35.8 Å². The Balaban J connectivity index is 2.92. The van der Waals surface area contributed by atoms with Crippen LogP contribution in [0.1, 0.15) is 26.7 Å². The van der Waals surface area contributed by atoms with Crippen molar-refractivity contribution in [2.75, 3.05) is 26.2 Å². The number of alkyl halides is 1. The molecule has 0 aromatic heterocycles. The molecule has 19 heavy (non-hydrogen) atoms. The van der Waals surface area contributed by atoms with E-state index in [2.05, 4.69) is 29.8 Å². The Hall–Kier alpha value is -0.900. The second kappa shape index (κ2) is 7.63. The van der Waals surface area contributed by atoms with Gasteiger partial charge in [-0.15, -0.1) is 0 Å². The summed E-state index contributed by atoms with van der Waals surface area (Å²) in [6, 6.07) is 5.65. The van der Waals surface area contributed by atoms with E-state index in [1.165, 1.54) is 0 Å². The number of halogens is 1. The van der Waals surface area contributed by atoms with Crippen molar-refractivity contribution in [1.29, 1.82) is 0 Å². The van der Waals surface area contributed by atoms with Gasteiger partial charge in [-0.2, -0.15) is 0 Å². The molecule has 0 aliphatic carbocycles. The first-order valence-corrected chi connectivity index (χ1v) is 7.68. The Bertz CT molecular complexity index is 358. The fraction of sp³-hybridized carbons (Fsp3) is 0.600. The van der Waals surface area contributed by atoms with Gasteiger partial charge < -0.3 is 14.2 Å². The summed E-state index contributed by atoms with van der Waals surface area (Å²) in [5.41, 5.74) is 0.145. The molecular weight excluding hydrogens is 308 g/mol. The summed E-state index contributed by atoms with van der Waals surface area (Å²) in [4.78, 5) is 0. The Morgan fingerprint density at radius 3 is 1.95 bits per heavy atom. The van der Waals surface area contributed by atoms with Gasteiger partial charge in [0.05, 0.1) is 20.8 Å². The van der Waals surface area contributed by atoms with Gasteiger partial charge in [-0.3, -0.25) is 0 Å². The normalized spacial score (nSPS) is 11.2. The van der Waals surface area contributed by atoms with Gasteiger partial charge in [0, 0.05) is 10.7 Å². The van der Waals surface area contributed by atoms with Crippen LogP contribution in [0, 0.1) is 5.41 Å². The lowest BCUT2D eigenvalue weighted by atomic mass is 9.86. The standard InChI is InChI=1S/C15H23BrO3/c1-5-15(6-2,10-16)11-19-14-12(17-3)8-7-9-13(14)18-4/h7-9H,5-6,10-11H2,1-4H3. The number of ether oxygens (including phenoxy) is 3. The highest BCUT2D eigenvalue weighted by molar-refractivity contribution is 9.09. The molecule has 0 unspecified atom stereocenters. The van der Waals surface area contributed by atoms with E-state index in [0.29, 0.717) is 23.9 Å². The maximum Gasteiger partial charge on any atom is 0.203 e. The number of hydrogen-bond donors (Lipinski definition) is 0. The number of hydrogen-bond acceptors (Lipinski definition) is 3. The van der Waals surface area contributed by atoms with Crippen LogP contribution in [0.15, 0.2) is 18.2 Å². The summed E-state index contributed by atoms with van der Waals surface area (Å²) in [7, 11) is 3.28. The minimum atomic E-state index is 0.145. The van der Waals surface area contributed by atoms with E-state index in [9.17, 15) is 0 Å². The van der Waals surface area contributed by atoms with E-state index in [0.717, 1.165) is 18.2 Å². The average Bonchev–Trinajstić information content (AvgIpc) is 2.48. The minimum Gasteiger partial charge on any atom is -0.493 e. The van der Waals surface area contributed by atoms with Crippen LogP contribution in [0.5, 0.6) is 17.2 Å². The highest BCUT2D eigenvalue weighted by Gasteiger charge is 2.27. The molecule has 0 aliphatic heterocycles. The molecule has 0 spiro atoms. The molecule has 4 heteroatoms. The third kappa shape index (κ3) is 3.78. The van der Waals surface area contributed by atoms with E-state index in [1.807, 2.05) is 18.2 Å². The van der Waals surface area contributed by atoms with E-state index in [1.54, 1.807) is 14.2 Å². The first-order chi connectivity index (χ1) is 9.16. The van der Waals surface area contributed by atoms with Gasteiger partial charge in [0.2, 0.25) is 5.75 Å². The zero-order valence-corrected chi connectivity index (χ0v) is 13.7. The van der Waals surface area contributed by atoms with Gasteiger partial charge in [-0.05, 0) is 25.0 Å².